The van der Waals surface area contributed by atoms with Crippen LogP contribution in [-0.2, 0) is 0 Å². The van der Waals surface area contributed by atoms with Crippen LogP contribution in [0.5, 0.6) is 0 Å². The average molecular weight is 296 g/mol. The van der Waals surface area contributed by atoms with Crippen molar-refractivity contribution in [1.82, 2.24) is 0 Å². The van der Waals surface area contributed by atoms with E-state index in [4.69, 9.17) is 0 Å². The van der Waals surface area contributed by atoms with E-state index in [0.717, 1.165) is 0 Å². The van der Waals surface area contributed by atoms with Crippen molar-refractivity contribution in [1.29, 1.82) is 0 Å². The van der Waals surface area contributed by atoms with Crippen LogP contribution in [0, 0.1) is 0 Å². The van der Waals surface area contributed by atoms with E-state index >= 15 is 0 Å². The van der Waals surface area contributed by atoms with Crippen molar-refractivity contribution in [3.05, 3.63) is 11.9 Å². The van der Waals surface area contributed by atoms with Crippen LogP contribution < -0.4 is 0 Å². The molecule has 0 nitrogen and oxygen atoms in total. The summed E-state index contributed by atoms with van der Waals surface area (Å²) in [4.78, 5) is 0. The second-order valence-corrected chi connectivity index (χ2v) is 3.19. The maximum Gasteiger partial charge on any atom is 0.385 e. The summed E-state index contributed by atoms with van der Waals surface area (Å²) < 4.78 is 134. The van der Waals surface area contributed by atoms with Gasteiger partial charge in [-0.15, -0.1) is 0 Å². The van der Waals surface area contributed by atoms with E-state index in [1.807, 2.05) is 0 Å². The molecule has 0 aliphatic carbocycles. The number of allylic oxidation sites excluding steroid dienone is 1. The van der Waals surface area contributed by atoms with Gasteiger partial charge >= 0.3 is 29.8 Å². The number of hydrogen-bond donors (Lipinski definition) is 0. The Morgan fingerprint density at radius 3 is 1.22 bits per heavy atom. The third-order valence-corrected chi connectivity index (χ3v) is 1.78. The summed E-state index contributed by atoms with van der Waals surface area (Å²) in [6, 6.07) is 0. The predicted molar refractivity (Wildman–Crippen MR) is 35.8 cm³/mol. The zero-order valence-corrected chi connectivity index (χ0v) is 8.16. The summed E-state index contributed by atoms with van der Waals surface area (Å²) in [6.07, 6.45) is -4.02. The van der Waals surface area contributed by atoms with Gasteiger partial charge in [0.15, 0.2) is 0 Å². The molecule has 0 atom stereocenters. The van der Waals surface area contributed by atoms with E-state index in [9.17, 15) is 48.3 Å². The van der Waals surface area contributed by atoms with Crippen LogP contribution in [0.3, 0.4) is 0 Å². The molecule has 0 spiro atoms. The first-order valence-corrected chi connectivity index (χ1v) is 3.83. The van der Waals surface area contributed by atoms with E-state index < -0.39 is 42.5 Å². The first-order valence-electron chi connectivity index (χ1n) is 3.83. The van der Waals surface area contributed by atoms with Crippen molar-refractivity contribution >= 4 is 0 Å². The van der Waals surface area contributed by atoms with Crippen molar-refractivity contribution in [2.45, 2.75) is 30.6 Å². The Hall–Kier alpha value is -1.03. The summed E-state index contributed by atoms with van der Waals surface area (Å²) in [5.74, 6) is -30.5. The maximum absolute atomic E-state index is 12.5. The fraction of sp³-hybridized carbons (Fsp3) is 0.714. The van der Waals surface area contributed by atoms with Gasteiger partial charge in [-0.3, -0.25) is 0 Å². The molecule has 0 heterocycles. The molecule has 0 rings (SSSR count). The van der Waals surface area contributed by atoms with Gasteiger partial charge in [-0.05, 0) is 0 Å². The standard InChI is InChI=1S/C7H3F11/c1-4(11,12)6(15,16)7(17,18)5(13,14)2(8)3(9)10/h1H3. The lowest BCUT2D eigenvalue weighted by Crippen LogP contribution is -2.61. The molecular formula is C7H3F11. The van der Waals surface area contributed by atoms with E-state index in [0.29, 0.717) is 0 Å². The molecular weight excluding hydrogens is 293 g/mol. The van der Waals surface area contributed by atoms with Gasteiger partial charge in [0, 0.05) is 6.92 Å². The van der Waals surface area contributed by atoms with Crippen LogP contribution in [0.25, 0.3) is 0 Å². The number of halogens is 11. The van der Waals surface area contributed by atoms with Gasteiger partial charge in [-0.1, -0.05) is 0 Å². The van der Waals surface area contributed by atoms with Gasteiger partial charge in [0.25, 0.3) is 0 Å². The smallest absolute Gasteiger partial charge is 0.200 e. The highest BCUT2D eigenvalue weighted by molar-refractivity contribution is 5.16. The highest BCUT2D eigenvalue weighted by atomic mass is 19.4. The molecule has 108 valence electrons. The summed E-state index contributed by atoms with van der Waals surface area (Å²) in [5.41, 5.74) is 0. The molecule has 0 N–H and O–H groups in total. The number of hydrogen-bond acceptors (Lipinski definition) is 0. The Morgan fingerprint density at radius 1 is 0.667 bits per heavy atom. The fourth-order valence-corrected chi connectivity index (χ4v) is 0.729. The molecule has 0 aromatic carbocycles. The minimum atomic E-state index is -7.05. The SMILES string of the molecule is CC(F)(F)C(F)(F)C(F)(F)C(F)(F)C(F)=C(F)F. The Bertz CT molecular complexity index is 343. The van der Waals surface area contributed by atoms with Crippen molar-refractivity contribution in [3.8, 4) is 0 Å². The molecule has 0 radical (unpaired) electrons. The van der Waals surface area contributed by atoms with Crippen molar-refractivity contribution in [2.75, 3.05) is 0 Å². The Balaban J connectivity index is 5.88. The molecule has 0 aromatic rings. The van der Waals surface area contributed by atoms with Crippen molar-refractivity contribution in [3.63, 3.8) is 0 Å². The molecule has 0 fully saturated rings. The Kier molecular flexibility index (Phi) is 4.02. The van der Waals surface area contributed by atoms with E-state index in [1.165, 1.54) is 0 Å². The van der Waals surface area contributed by atoms with E-state index in [2.05, 4.69) is 0 Å². The highest BCUT2D eigenvalue weighted by Gasteiger charge is 2.81. The molecule has 0 bridgehead atoms. The second kappa shape index (κ2) is 4.26. The Morgan fingerprint density at radius 2 is 1.00 bits per heavy atom. The quantitative estimate of drug-likeness (QED) is 0.664. The maximum atomic E-state index is 12.5. The molecule has 0 amide bonds. The van der Waals surface area contributed by atoms with Gasteiger partial charge in [-0.25, -0.2) is 0 Å². The van der Waals surface area contributed by atoms with Gasteiger partial charge in [-0.2, -0.15) is 48.3 Å². The Labute approximate surface area is 92.1 Å². The topological polar surface area (TPSA) is 0 Å². The zero-order valence-electron chi connectivity index (χ0n) is 8.16. The van der Waals surface area contributed by atoms with Gasteiger partial charge < -0.3 is 0 Å². The summed E-state index contributed by atoms with van der Waals surface area (Å²) >= 11 is 0. The minimum Gasteiger partial charge on any atom is -0.200 e. The number of rotatable bonds is 4. The lowest BCUT2D eigenvalue weighted by atomic mass is 9.99. The summed E-state index contributed by atoms with van der Waals surface area (Å²) in [5, 5.41) is 0. The lowest BCUT2D eigenvalue weighted by molar-refractivity contribution is -0.356. The zero-order chi connectivity index (χ0) is 15.2. The van der Waals surface area contributed by atoms with Crippen LogP contribution >= 0.6 is 0 Å². The molecule has 0 aliphatic rings. The largest absolute Gasteiger partial charge is 0.385 e. The predicted octanol–water partition coefficient (Wildman–Crippen LogP) is 4.63. The number of alkyl halides is 8. The van der Waals surface area contributed by atoms with Crippen LogP contribution in [-0.4, -0.2) is 23.7 Å². The normalized spacial score (nSPS) is 14.7. The van der Waals surface area contributed by atoms with Crippen LogP contribution in [0.1, 0.15) is 6.92 Å². The van der Waals surface area contributed by atoms with Gasteiger partial charge in [0.1, 0.15) is 0 Å². The molecule has 11 heteroatoms. The third kappa shape index (κ3) is 2.26. The van der Waals surface area contributed by atoms with Gasteiger partial charge in [0.05, 0.1) is 0 Å². The van der Waals surface area contributed by atoms with E-state index in [1.54, 1.807) is 0 Å². The lowest BCUT2D eigenvalue weighted by Gasteiger charge is -2.34. The molecule has 0 aliphatic heterocycles. The summed E-state index contributed by atoms with van der Waals surface area (Å²) in [6.45, 7) is -0.843. The van der Waals surface area contributed by atoms with Gasteiger partial charge in [0.2, 0.25) is 5.83 Å². The third-order valence-electron chi connectivity index (χ3n) is 1.78. The van der Waals surface area contributed by atoms with Crippen LogP contribution in [0.2, 0.25) is 0 Å². The van der Waals surface area contributed by atoms with E-state index in [-0.39, 0.29) is 0 Å². The second-order valence-electron chi connectivity index (χ2n) is 3.19. The molecule has 0 saturated carbocycles. The highest BCUT2D eigenvalue weighted by Crippen LogP contribution is 2.55. The average Bonchev–Trinajstić information content (AvgIpc) is 2.13. The van der Waals surface area contributed by atoms with Crippen LogP contribution in [0.4, 0.5) is 48.3 Å². The van der Waals surface area contributed by atoms with Crippen LogP contribution in [0.15, 0.2) is 11.9 Å². The molecule has 0 unspecified atom stereocenters. The molecule has 18 heavy (non-hydrogen) atoms. The van der Waals surface area contributed by atoms with Crippen molar-refractivity contribution in [2.24, 2.45) is 0 Å². The molecule has 0 saturated heterocycles. The minimum absolute atomic E-state index is 0.843. The first-order chi connectivity index (χ1) is 7.60. The molecule has 0 aromatic heterocycles. The van der Waals surface area contributed by atoms with Crippen molar-refractivity contribution < 1.29 is 48.3 Å². The summed E-state index contributed by atoms with van der Waals surface area (Å²) in [7, 11) is 0. The fourth-order valence-electron chi connectivity index (χ4n) is 0.729. The first kappa shape index (κ1) is 17.0. The monoisotopic (exact) mass is 296 g/mol.